The highest BCUT2D eigenvalue weighted by atomic mass is 19.1. The molecule has 19 nitrogen and oxygen atoms in total. The summed E-state index contributed by atoms with van der Waals surface area (Å²) in [6.45, 7) is 8.06. The van der Waals surface area contributed by atoms with Gasteiger partial charge in [0.25, 0.3) is 11.8 Å². The van der Waals surface area contributed by atoms with Crippen LogP contribution in [0.2, 0.25) is 0 Å². The Morgan fingerprint density at radius 1 is 0.746 bits per heavy atom. The summed E-state index contributed by atoms with van der Waals surface area (Å²) < 4.78 is 38.4. The largest absolute Gasteiger partial charge is 0.383 e. The first kappa shape index (κ1) is 49.3. The molecular formula is C51H59FN10O9. The van der Waals surface area contributed by atoms with E-state index in [1.165, 1.54) is 6.07 Å². The second-order valence-corrected chi connectivity index (χ2v) is 17.9. The van der Waals surface area contributed by atoms with Crippen LogP contribution in [-0.4, -0.2) is 164 Å². The number of hydrogen-bond donors (Lipinski definition) is 2. The molecule has 3 aromatic heterocycles. The zero-order chi connectivity index (χ0) is 49.1. The topological polar surface area (TPSA) is 202 Å². The minimum Gasteiger partial charge on any atom is -0.383 e. The maximum Gasteiger partial charge on any atom is 0.262 e. The van der Waals surface area contributed by atoms with Crippen molar-refractivity contribution < 1.29 is 47.3 Å². The summed E-state index contributed by atoms with van der Waals surface area (Å²) in [5.41, 5.74) is 4.31. The molecule has 4 aliphatic rings. The number of nitrogens with one attached hydrogen (secondary N) is 2. The number of imide groups is 2. The van der Waals surface area contributed by atoms with Crippen LogP contribution in [0.25, 0.3) is 17.0 Å². The molecule has 2 atom stereocenters. The molecule has 3 saturated heterocycles. The summed E-state index contributed by atoms with van der Waals surface area (Å²) in [6, 6.07) is 20.7. The van der Waals surface area contributed by atoms with E-state index in [1.807, 2.05) is 40.9 Å². The third-order valence-corrected chi connectivity index (χ3v) is 13.1. The highest BCUT2D eigenvalue weighted by molar-refractivity contribution is 6.23. The number of piperazine rings is 1. The summed E-state index contributed by atoms with van der Waals surface area (Å²) in [7, 11) is 0. The van der Waals surface area contributed by atoms with Crippen molar-refractivity contribution in [2.45, 2.75) is 50.6 Å². The summed E-state index contributed by atoms with van der Waals surface area (Å²) in [5, 5.41) is 10.4. The van der Waals surface area contributed by atoms with Gasteiger partial charge in [0, 0.05) is 64.4 Å². The zero-order valence-electron chi connectivity index (χ0n) is 39.6. The number of fused-ring (bicyclic) bond motifs is 2. The number of anilines is 3. The van der Waals surface area contributed by atoms with Gasteiger partial charge in [0.1, 0.15) is 35.0 Å². The van der Waals surface area contributed by atoms with E-state index in [0.717, 1.165) is 84.7 Å². The molecule has 374 valence electrons. The van der Waals surface area contributed by atoms with Gasteiger partial charge in [-0.05, 0) is 85.8 Å². The lowest BCUT2D eigenvalue weighted by molar-refractivity contribution is -0.136. The van der Waals surface area contributed by atoms with Crippen molar-refractivity contribution in [1.29, 1.82) is 0 Å². The highest BCUT2D eigenvalue weighted by Gasteiger charge is 2.44. The van der Waals surface area contributed by atoms with Crippen LogP contribution in [0.15, 0.2) is 79.0 Å². The predicted molar refractivity (Wildman–Crippen MR) is 260 cm³/mol. The first-order valence-corrected chi connectivity index (χ1v) is 24.4. The number of ether oxygens (including phenoxy) is 4. The van der Waals surface area contributed by atoms with Gasteiger partial charge in [0.15, 0.2) is 5.65 Å². The van der Waals surface area contributed by atoms with Crippen LogP contribution in [-0.2, 0) is 33.3 Å². The molecule has 0 saturated carbocycles. The lowest BCUT2D eigenvalue weighted by atomic mass is 10.0. The molecule has 71 heavy (non-hydrogen) atoms. The minimum atomic E-state index is -1.00. The van der Waals surface area contributed by atoms with E-state index in [0.29, 0.717) is 84.5 Å². The van der Waals surface area contributed by atoms with Gasteiger partial charge in [0.05, 0.1) is 81.9 Å². The third-order valence-electron chi connectivity index (χ3n) is 13.1. The Labute approximate surface area is 410 Å². The van der Waals surface area contributed by atoms with Crippen LogP contribution in [0.1, 0.15) is 70.8 Å². The van der Waals surface area contributed by atoms with E-state index < -0.39 is 29.7 Å². The number of piperidine rings is 1. The average Bonchev–Trinajstić information content (AvgIpc) is 4.10. The molecule has 7 heterocycles. The molecule has 1 unspecified atom stereocenters. The Kier molecular flexibility index (Phi) is 16.3. The van der Waals surface area contributed by atoms with Gasteiger partial charge in [-0.2, -0.15) is 0 Å². The van der Waals surface area contributed by atoms with E-state index in [-0.39, 0.29) is 41.6 Å². The first-order chi connectivity index (χ1) is 34.7. The molecule has 0 bridgehead atoms. The second kappa shape index (κ2) is 23.5. The lowest BCUT2D eigenvalue weighted by Crippen LogP contribution is -2.54. The molecule has 4 amide bonds. The minimum absolute atomic E-state index is 0.0532. The average molecular weight is 975 g/mol. The van der Waals surface area contributed by atoms with Gasteiger partial charge in [0.2, 0.25) is 11.8 Å². The quantitative estimate of drug-likeness (QED) is 0.0653. The summed E-state index contributed by atoms with van der Waals surface area (Å²) in [5.74, 6) is -0.510. The standard InChI is InChI=1S/C51H59FN10O9/c52-36-6-1-5-35(31-36)42-9-3-18-60(42)47-15-14-45-54-33-44(62(45)57-47)41-8-2-10-46(55-41)59-21-19-58(20-22-59)34-38(63)7-4-23-68-25-27-70-29-30-71-28-26-69-24-17-53-37-11-12-39-40(32-37)51(67)61(50(39)66)43-13-16-48(64)56-49(43)65/h1-2,5-6,8,10-12,14-15,31-33,42-43,53H,3-4,7,9,13,16-30,34H2,(H,56,64,65)/t42-,43?/m0/s1. The van der Waals surface area contributed by atoms with Crippen LogP contribution >= 0.6 is 0 Å². The fourth-order valence-corrected chi connectivity index (χ4v) is 9.48. The van der Waals surface area contributed by atoms with Gasteiger partial charge in [-0.1, -0.05) is 18.2 Å². The molecule has 9 rings (SSSR count). The molecule has 4 aliphatic heterocycles. The summed E-state index contributed by atoms with van der Waals surface area (Å²) in [6.07, 6.45) is 5.01. The highest BCUT2D eigenvalue weighted by Crippen LogP contribution is 2.36. The maximum absolute atomic E-state index is 14.1. The van der Waals surface area contributed by atoms with Crippen molar-refractivity contribution in [3.05, 3.63) is 102 Å². The molecule has 2 N–H and O–H groups in total. The zero-order valence-corrected chi connectivity index (χ0v) is 39.6. The Hall–Kier alpha value is -6.71. The van der Waals surface area contributed by atoms with Gasteiger partial charge in [-0.25, -0.2) is 18.9 Å². The Morgan fingerprint density at radius 2 is 1.49 bits per heavy atom. The van der Waals surface area contributed by atoms with Crippen molar-refractivity contribution in [3.63, 3.8) is 0 Å². The summed E-state index contributed by atoms with van der Waals surface area (Å²) in [4.78, 5) is 79.8. The molecular weight excluding hydrogens is 916 g/mol. The number of halogens is 1. The van der Waals surface area contributed by atoms with E-state index >= 15 is 0 Å². The predicted octanol–water partition coefficient (Wildman–Crippen LogP) is 4.32. The number of rotatable bonds is 24. The van der Waals surface area contributed by atoms with Crippen molar-refractivity contribution in [2.24, 2.45) is 0 Å². The second-order valence-electron chi connectivity index (χ2n) is 17.9. The van der Waals surface area contributed by atoms with Crippen molar-refractivity contribution >= 4 is 52.4 Å². The number of amides is 4. The molecule has 3 fully saturated rings. The van der Waals surface area contributed by atoms with E-state index in [9.17, 15) is 28.4 Å². The number of carbonyl (C=O) groups excluding carboxylic acids is 5. The van der Waals surface area contributed by atoms with E-state index in [1.54, 1.807) is 36.5 Å². The van der Waals surface area contributed by atoms with Crippen LogP contribution in [0.3, 0.4) is 0 Å². The molecule has 2 aromatic carbocycles. The lowest BCUT2D eigenvalue weighted by Gasteiger charge is -2.35. The van der Waals surface area contributed by atoms with Crippen molar-refractivity contribution in [1.82, 2.24) is 34.7 Å². The van der Waals surface area contributed by atoms with Crippen LogP contribution in [0, 0.1) is 5.82 Å². The smallest absolute Gasteiger partial charge is 0.262 e. The number of ketones is 1. The van der Waals surface area contributed by atoms with Gasteiger partial charge in [-0.15, -0.1) is 5.10 Å². The number of Topliss-reactive ketones (excluding diaryl/α,β-unsaturated/α-hetero) is 1. The number of carbonyl (C=O) groups is 5. The number of benzene rings is 2. The number of hydrogen-bond acceptors (Lipinski definition) is 16. The number of pyridine rings is 1. The van der Waals surface area contributed by atoms with E-state index in [2.05, 4.69) is 30.3 Å². The SMILES string of the molecule is O=C(CCCOCCOCCOCCOCCNc1ccc2c(c1)C(=O)N(C1CCC(=O)NC1=O)C2=O)CN1CCN(c2cccc(-c3cnc4ccc(N5CCC[C@H]5c5cccc(F)c5)nn34)n2)CC1. The Bertz CT molecular complexity index is 2710. The van der Waals surface area contributed by atoms with Crippen molar-refractivity contribution in [2.75, 3.05) is 114 Å². The van der Waals surface area contributed by atoms with Gasteiger partial charge < -0.3 is 34.1 Å². The monoisotopic (exact) mass is 974 g/mol. The molecule has 20 heteroatoms. The van der Waals surface area contributed by atoms with Crippen LogP contribution in [0.5, 0.6) is 0 Å². The van der Waals surface area contributed by atoms with Gasteiger partial charge >= 0.3 is 0 Å². The Balaban J connectivity index is 0.592. The normalized spacial score (nSPS) is 18.5. The summed E-state index contributed by atoms with van der Waals surface area (Å²) >= 11 is 0. The van der Waals surface area contributed by atoms with Crippen LogP contribution in [0.4, 0.5) is 21.7 Å². The number of nitrogens with zero attached hydrogens (tertiary/aromatic N) is 8. The molecule has 0 aliphatic carbocycles. The van der Waals surface area contributed by atoms with Gasteiger partial charge in [-0.3, -0.25) is 39.1 Å². The molecule has 5 aromatic rings. The van der Waals surface area contributed by atoms with Crippen LogP contribution < -0.4 is 20.4 Å². The fraction of sp³-hybridized carbons (Fsp3) is 0.451. The third kappa shape index (κ3) is 12.1. The first-order valence-electron chi connectivity index (χ1n) is 24.4. The van der Waals surface area contributed by atoms with Crippen molar-refractivity contribution in [3.8, 4) is 11.4 Å². The fourth-order valence-electron chi connectivity index (χ4n) is 9.48. The molecule has 0 radical (unpaired) electrons. The maximum atomic E-state index is 14.1. The van der Waals surface area contributed by atoms with E-state index in [4.69, 9.17) is 29.0 Å². The number of aromatic nitrogens is 4. The molecule has 0 spiro atoms. The number of imidazole rings is 1. The Morgan fingerprint density at radius 3 is 2.27 bits per heavy atom.